The van der Waals surface area contributed by atoms with Crippen molar-refractivity contribution in [2.75, 3.05) is 42.1 Å². The molecule has 0 saturated carbocycles. The minimum Gasteiger partial charge on any atom is -0.382 e. The number of amides is 1. The van der Waals surface area contributed by atoms with Crippen molar-refractivity contribution in [2.45, 2.75) is 38.1 Å². The number of nitrogens with one attached hydrogen (secondary N) is 1. The molecule has 1 atom stereocenters. The Kier molecular flexibility index (Phi) is 5.85. The Balaban J connectivity index is 1.37. The van der Waals surface area contributed by atoms with Crippen molar-refractivity contribution >= 4 is 40.2 Å². The highest BCUT2D eigenvalue weighted by molar-refractivity contribution is 5.87. The third-order valence-corrected chi connectivity index (χ3v) is 6.57. The number of anilines is 4. The van der Waals surface area contributed by atoms with Crippen LogP contribution in [0.25, 0.3) is 11.2 Å². The number of hydrogen-bond donors (Lipinski definition) is 2. The molecule has 0 radical (unpaired) electrons. The first kappa shape index (κ1) is 21.2. The first-order chi connectivity index (χ1) is 16.1. The topological polar surface area (TPSA) is 105 Å². The van der Waals surface area contributed by atoms with Crippen LogP contribution in [0.15, 0.2) is 43.2 Å². The van der Waals surface area contributed by atoms with E-state index < -0.39 is 0 Å². The van der Waals surface area contributed by atoms with Gasteiger partial charge < -0.3 is 25.4 Å². The molecule has 9 nitrogen and oxygen atoms in total. The van der Waals surface area contributed by atoms with Crippen LogP contribution in [0.4, 0.5) is 23.1 Å². The summed E-state index contributed by atoms with van der Waals surface area (Å²) < 4.78 is 2.01. The van der Waals surface area contributed by atoms with Gasteiger partial charge in [0.1, 0.15) is 5.52 Å². The van der Waals surface area contributed by atoms with Gasteiger partial charge in [-0.25, -0.2) is 4.98 Å². The van der Waals surface area contributed by atoms with Crippen LogP contribution in [0.2, 0.25) is 0 Å². The van der Waals surface area contributed by atoms with E-state index in [1.165, 1.54) is 31.0 Å². The van der Waals surface area contributed by atoms with Gasteiger partial charge in [-0.1, -0.05) is 6.58 Å². The van der Waals surface area contributed by atoms with Gasteiger partial charge in [-0.15, -0.1) is 0 Å². The van der Waals surface area contributed by atoms with E-state index in [1.54, 1.807) is 6.33 Å². The Morgan fingerprint density at radius 1 is 1.09 bits per heavy atom. The average Bonchev–Trinajstić information content (AvgIpc) is 3.29. The molecule has 5 rings (SSSR count). The Labute approximate surface area is 193 Å². The molecule has 2 aliphatic heterocycles. The molecular weight excluding hydrogens is 416 g/mol. The number of benzene rings is 1. The highest BCUT2D eigenvalue weighted by Gasteiger charge is 2.26. The average molecular weight is 447 g/mol. The highest BCUT2D eigenvalue weighted by Crippen LogP contribution is 2.28. The largest absolute Gasteiger partial charge is 0.382 e. The summed E-state index contributed by atoms with van der Waals surface area (Å²) in [5.74, 6) is 0.719. The summed E-state index contributed by atoms with van der Waals surface area (Å²) in [6.45, 7) is 7.18. The molecule has 2 fully saturated rings. The van der Waals surface area contributed by atoms with Crippen LogP contribution >= 0.6 is 0 Å². The van der Waals surface area contributed by atoms with Crippen molar-refractivity contribution < 1.29 is 4.79 Å². The lowest BCUT2D eigenvalue weighted by atomic mass is 10.1. The summed E-state index contributed by atoms with van der Waals surface area (Å²) in [4.78, 5) is 30.0. The molecule has 1 aromatic carbocycles. The lowest BCUT2D eigenvalue weighted by Crippen LogP contribution is -2.39. The summed E-state index contributed by atoms with van der Waals surface area (Å²) in [7, 11) is 0. The van der Waals surface area contributed by atoms with Crippen LogP contribution in [0, 0.1) is 0 Å². The van der Waals surface area contributed by atoms with Crippen molar-refractivity contribution in [3.63, 3.8) is 0 Å². The number of carbonyl (C=O) groups is 1. The molecular formula is C24H30N8O. The summed E-state index contributed by atoms with van der Waals surface area (Å²) in [5, 5.41) is 3.28. The molecule has 3 aromatic rings. The van der Waals surface area contributed by atoms with Crippen LogP contribution in [0.5, 0.6) is 0 Å². The molecule has 3 N–H and O–H groups in total. The molecule has 1 amide bonds. The molecule has 1 unspecified atom stereocenters. The van der Waals surface area contributed by atoms with Crippen molar-refractivity contribution in [3.05, 3.63) is 43.2 Å². The fourth-order valence-electron chi connectivity index (χ4n) is 4.81. The maximum Gasteiger partial charge on any atom is 0.246 e. The molecule has 4 heterocycles. The predicted molar refractivity (Wildman–Crippen MR) is 131 cm³/mol. The van der Waals surface area contributed by atoms with Gasteiger partial charge in [-0.3, -0.25) is 4.79 Å². The zero-order valence-corrected chi connectivity index (χ0v) is 18.8. The second-order valence-electron chi connectivity index (χ2n) is 8.76. The van der Waals surface area contributed by atoms with E-state index >= 15 is 0 Å². The zero-order chi connectivity index (χ0) is 22.8. The van der Waals surface area contributed by atoms with Crippen LogP contribution < -0.4 is 16.0 Å². The van der Waals surface area contributed by atoms with Crippen LogP contribution in [0.1, 0.15) is 38.1 Å². The molecule has 2 aliphatic rings. The smallest absolute Gasteiger partial charge is 0.246 e. The maximum absolute atomic E-state index is 12.1. The second kappa shape index (κ2) is 9.09. The fourth-order valence-corrected chi connectivity index (χ4v) is 4.81. The number of carbonyl (C=O) groups excluding carboxylic acids is 1. The minimum atomic E-state index is -0.0476. The van der Waals surface area contributed by atoms with E-state index in [-0.39, 0.29) is 11.9 Å². The number of nitrogens with two attached hydrogens (primary N) is 1. The molecule has 172 valence electrons. The standard InChI is InChI=1S/C24H30N8O/c1-2-20(33)31-14-6-7-19(15-31)32-16-26-21-22(25)28-24(29-23(21)32)27-17-8-10-18(11-9-17)30-12-4-3-5-13-30/h2,8-11,16,19H,1,3-7,12-15H2,(H3,25,27,28,29). The number of fused-ring (bicyclic) bond motifs is 1. The summed E-state index contributed by atoms with van der Waals surface area (Å²) >= 11 is 0. The minimum absolute atomic E-state index is 0.0476. The molecule has 0 bridgehead atoms. The third-order valence-electron chi connectivity index (χ3n) is 6.57. The molecule has 2 aromatic heterocycles. The molecule has 33 heavy (non-hydrogen) atoms. The lowest BCUT2D eigenvalue weighted by molar-refractivity contribution is -0.127. The Bertz CT molecular complexity index is 1150. The first-order valence-corrected chi connectivity index (χ1v) is 11.7. The van der Waals surface area contributed by atoms with E-state index in [9.17, 15) is 4.79 Å². The monoisotopic (exact) mass is 446 g/mol. The number of nitrogens with zero attached hydrogens (tertiary/aromatic N) is 6. The van der Waals surface area contributed by atoms with Gasteiger partial charge in [-0.2, -0.15) is 9.97 Å². The van der Waals surface area contributed by atoms with Crippen molar-refractivity contribution in [3.8, 4) is 0 Å². The Hall–Kier alpha value is -3.62. The Morgan fingerprint density at radius 3 is 2.64 bits per heavy atom. The van der Waals surface area contributed by atoms with Crippen LogP contribution in [-0.4, -0.2) is 56.5 Å². The summed E-state index contributed by atoms with van der Waals surface area (Å²) in [6, 6.07) is 8.44. The molecule has 0 aliphatic carbocycles. The van der Waals surface area contributed by atoms with Gasteiger partial charge in [0, 0.05) is 37.6 Å². The van der Waals surface area contributed by atoms with Crippen molar-refractivity contribution in [2.24, 2.45) is 0 Å². The number of aromatic nitrogens is 4. The van der Waals surface area contributed by atoms with E-state index in [2.05, 4.69) is 38.9 Å². The van der Waals surface area contributed by atoms with Gasteiger partial charge in [0.2, 0.25) is 11.9 Å². The third kappa shape index (κ3) is 4.35. The predicted octanol–water partition coefficient (Wildman–Crippen LogP) is 3.49. The number of nitrogen functional groups attached to an aromatic ring is 1. The number of piperidine rings is 2. The molecule has 2 saturated heterocycles. The molecule has 9 heteroatoms. The van der Waals surface area contributed by atoms with Crippen LogP contribution in [-0.2, 0) is 4.79 Å². The summed E-state index contributed by atoms with van der Waals surface area (Å²) in [6.07, 6.45) is 8.79. The summed E-state index contributed by atoms with van der Waals surface area (Å²) in [5.41, 5.74) is 9.62. The van der Waals surface area contributed by atoms with E-state index in [4.69, 9.17) is 10.7 Å². The zero-order valence-electron chi connectivity index (χ0n) is 18.8. The Morgan fingerprint density at radius 2 is 1.88 bits per heavy atom. The van der Waals surface area contributed by atoms with Crippen LogP contribution in [0.3, 0.4) is 0 Å². The second-order valence-corrected chi connectivity index (χ2v) is 8.76. The van der Waals surface area contributed by atoms with Gasteiger partial charge in [0.05, 0.1) is 12.4 Å². The van der Waals surface area contributed by atoms with E-state index in [0.29, 0.717) is 29.5 Å². The van der Waals surface area contributed by atoms with Gasteiger partial charge in [0.25, 0.3) is 0 Å². The lowest BCUT2D eigenvalue weighted by Gasteiger charge is -2.32. The normalized spacial score (nSPS) is 19.0. The number of rotatable bonds is 5. The van der Waals surface area contributed by atoms with Gasteiger partial charge in [0.15, 0.2) is 11.5 Å². The SMILES string of the molecule is C=CC(=O)N1CCCC(n2cnc3c(N)nc(Nc4ccc(N5CCCCC5)cc4)nc32)C1. The van der Waals surface area contributed by atoms with Gasteiger partial charge in [-0.05, 0) is 62.4 Å². The fraction of sp³-hybridized carbons (Fsp3) is 0.417. The van der Waals surface area contributed by atoms with Crippen molar-refractivity contribution in [1.82, 2.24) is 24.4 Å². The van der Waals surface area contributed by atoms with Gasteiger partial charge >= 0.3 is 0 Å². The number of imidazole rings is 1. The van der Waals surface area contributed by atoms with E-state index in [0.717, 1.165) is 38.2 Å². The molecule has 0 spiro atoms. The number of likely N-dealkylation sites (tertiary alicyclic amines) is 1. The maximum atomic E-state index is 12.1. The number of hydrogen-bond acceptors (Lipinski definition) is 7. The highest BCUT2D eigenvalue weighted by atomic mass is 16.2. The first-order valence-electron chi connectivity index (χ1n) is 11.7. The van der Waals surface area contributed by atoms with Crippen molar-refractivity contribution in [1.29, 1.82) is 0 Å². The van der Waals surface area contributed by atoms with E-state index in [1.807, 2.05) is 21.6 Å². The quantitative estimate of drug-likeness (QED) is 0.578.